The molecule has 3 aromatic rings. The van der Waals surface area contributed by atoms with Crippen molar-refractivity contribution in [1.29, 1.82) is 0 Å². The van der Waals surface area contributed by atoms with Gasteiger partial charge in [0.25, 0.3) is 0 Å². The van der Waals surface area contributed by atoms with Gasteiger partial charge in [-0.3, -0.25) is 4.79 Å². The van der Waals surface area contributed by atoms with Crippen molar-refractivity contribution >= 4 is 29.1 Å². The second kappa shape index (κ2) is 11.9. The number of carbonyl (C=O) groups excluding carboxylic acids is 2. The van der Waals surface area contributed by atoms with Crippen LogP contribution in [-0.2, 0) is 16.1 Å². The lowest BCUT2D eigenvalue weighted by molar-refractivity contribution is -0.306. The quantitative estimate of drug-likeness (QED) is 0.387. The highest BCUT2D eigenvalue weighted by Gasteiger charge is 2.28. The van der Waals surface area contributed by atoms with Crippen LogP contribution in [0.2, 0.25) is 0 Å². The van der Waals surface area contributed by atoms with Crippen molar-refractivity contribution in [3.8, 4) is 17.2 Å². The van der Waals surface area contributed by atoms with Crippen LogP contribution in [0.3, 0.4) is 0 Å². The first kappa shape index (κ1) is 27.4. The van der Waals surface area contributed by atoms with Crippen LogP contribution in [0.25, 0.3) is 17.2 Å². The van der Waals surface area contributed by atoms with Crippen LogP contribution in [0.4, 0.5) is 4.39 Å². The van der Waals surface area contributed by atoms with E-state index in [0.29, 0.717) is 28.4 Å². The van der Waals surface area contributed by atoms with E-state index in [1.54, 1.807) is 18.2 Å². The van der Waals surface area contributed by atoms with Gasteiger partial charge in [-0.05, 0) is 76.2 Å². The first-order valence-electron chi connectivity index (χ1n) is 12.3. The highest BCUT2D eigenvalue weighted by molar-refractivity contribution is 6.08. The fourth-order valence-electron chi connectivity index (χ4n) is 4.79. The Bertz CT molecular complexity index is 1440. The molecule has 0 fully saturated rings. The molecule has 0 bridgehead atoms. The Morgan fingerprint density at radius 3 is 2.18 bits per heavy atom. The lowest BCUT2D eigenvalue weighted by atomic mass is 10.00. The number of carboxylic acid groups (broad SMARTS) is 1. The minimum Gasteiger partial charge on any atom is -0.548 e. The van der Waals surface area contributed by atoms with E-state index >= 15 is 0 Å². The Balaban J connectivity index is 1.75. The summed E-state index contributed by atoms with van der Waals surface area (Å²) in [6.45, 7) is 1.43. The molecule has 4 rings (SSSR count). The largest absolute Gasteiger partial charge is 0.548 e. The summed E-state index contributed by atoms with van der Waals surface area (Å²) < 4.78 is 30.8. The monoisotopic (exact) mass is 530 g/mol. The second-order valence-corrected chi connectivity index (χ2v) is 9.09. The average Bonchev–Trinajstić information content (AvgIpc) is 3.17. The number of carbonyl (C=O) groups is 2. The van der Waals surface area contributed by atoms with E-state index in [-0.39, 0.29) is 13.0 Å². The molecule has 1 amide bonds. The standard InChI is InChI=1S/C31H30FNO6/c1-19-24(12-21-13-27(37-2)31(39-4)28(14-21)38-3)23-11-10-22(32)15-26(23)25(19)16-29(34)33(18-30(35)36)17-20-8-6-5-7-9-20/h5-15H,16-18H2,1-4H3,(H,35,36)/p-1/b24-12+. The maximum Gasteiger partial charge on any atom is 0.227 e. The van der Waals surface area contributed by atoms with Gasteiger partial charge in [0.15, 0.2) is 11.5 Å². The molecule has 0 atom stereocenters. The molecule has 1 aliphatic carbocycles. The fraction of sp³-hybridized carbons (Fsp3) is 0.226. The summed E-state index contributed by atoms with van der Waals surface area (Å²) in [6.07, 6.45) is 1.81. The number of fused-ring (bicyclic) bond motifs is 1. The van der Waals surface area contributed by atoms with Crippen LogP contribution in [0.1, 0.15) is 35.6 Å². The number of ether oxygens (including phenoxy) is 3. The van der Waals surface area contributed by atoms with E-state index in [9.17, 15) is 19.1 Å². The van der Waals surface area contributed by atoms with Crippen LogP contribution in [0.15, 0.2) is 66.2 Å². The molecule has 0 unspecified atom stereocenters. The SMILES string of the molecule is COc1cc(/C=C2\C(C)=C(CC(=O)N(CC(=O)[O-])Cc3ccccc3)c3cc(F)ccc32)cc(OC)c1OC. The summed E-state index contributed by atoms with van der Waals surface area (Å²) in [6, 6.07) is 17.2. The van der Waals surface area contributed by atoms with Gasteiger partial charge in [-0.1, -0.05) is 36.4 Å². The third-order valence-electron chi connectivity index (χ3n) is 6.67. The summed E-state index contributed by atoms with van der Waals surface area (Å²) in [5.41, 5.74) is 5.11. The van der Waals surface area contributed by atoms with Crippen molar-refractivity contribution in [2.75, 3.05) is 27.9 Å². The third-order valence-corrected chi connectivity index (χ3v) is 6.67. The second-order valence-electron chi connectivity index (χ2n) is 9.09. The van der Waals surface area contributed by atoms with Crippen molar-refractivity contribution < 1.29 is 33.3 Å². The van der Waals surface area contributed by atoms with Crippen molar-refractivity contribution in [1.82, 2.24) is 4.90 Å². The highest BCUT2D eigenvalue weighted by Crippen LogP contribution is 2.45. The first-order chi connectivity index (χ1) is 18.7. The number of hydrogen-bond donors (Lipinski definition) is 0. The van der Waals surface area contributed by atoms with Gasteiger partial charge < -0.3 is 29.0 Å². The lowest BCUT2D eigenvalue weighted by Gasteiger charge is -2.24. The van der Waals surface area contributed by atoms with Gasteiger partial charge >= 0.3 is 0 Å². The molecular formula is C31H29FNO6-. The number of carboxylic acids is 1. The van der Waals surface area contributed by atoms with E-state index in [0.717, 1.165) is 27.8 Å². The van der Waals surface area contributed by atoms with Crippen molar-refractivity contribution in [3.05, 3.63) is 94.3 Å². The number of nitrogens with zero attached hydrogens (tertiary/aromatic N) is 1. The normalized spacial score (nSPS) is 13.3. The van der Waals surface area contributed by atoms with Gasteiger partial charge in [0, 0.05) is 6.54 Å². The summed E-state index contributed by atoms with van der Waals surface area (Å²) in [4.78, 5) is 26.1. The first-order valence-corrected chi connectivity index (χ1v) is 12.3. The number of amides is 1. The molecule has 0 saturated heterocycles. The molecule has 1 aliphatic rings. The number of allylic oxidation sites excluding steroid dienone is 2. The smallest absolute Gasteiger partial charge is 0.227 e. The van der Waals surface area contributed by atoms with Crippen LogP contribution >= 0.6 is 0 Å². The number of halogens is 1. The number of hydrogen-bond acceptors (Lipinski definition) is 6. The van der Waals surface area contributed by atoms with Gasteiger partial charge in [-0.2, -0.15) is 0 Å². The lowest BCUT2D eigenvalue weighted by Crippen LogP contribution is -2.41. The zero-order valence-corrected chi connectivity index (χ0v) is 22.2. The Hall–Kier alpha value is -4.59. The minimum absolute atomic E-state index is 0.102. The van der Waals surface area contributed by atoms with E-state index < -0.39 is 24.2 Å². The predicted molar refractivity (Wildman–Crippen MR) is 144 cm³/mol. The fourth-order valence-corrected chi connectivity index (χ4v) is 4.79. The Labute approximate surface area is 226 Å². The molecule has 0 aromatic heterocycles. The maximum absolute atomic E-state index is 14.4. The molecule has 0 aliphatic heterocycles. The molecule has 0 radical (unpaired) electrons. The minimum atomic E-state index is -1.36. The van der Waals surface area contributed by atoms with Gasteiger partial charge in [0.1, 0.15) is 5.82 Å². The zero-order valence-electron chi connectivity index (χ0n) is 22.2. The molecule has 0 saturated carbocycles. The van der Waals surface area contributed by atoms with Crippen molar-refractivity contribution in [2.45, 2.75) is 19.9 Å². The van der Waals surface area contributed by atoms with E-state index in [1.165, 1.54) is 38.4 Å². The Morgan fingerprint density at radius 2 is 1.59 bits per heavy atom. The molecule has 202 valence electrons. The van der Waals surface area contributed by atoms with Gasteiger partial charge in [0.05, 0.1) is 40.3 Å². The van der Waals surface area contributed by atoms with Crippen LogP contribution in [0, 0.1) is 5.82 Å². The van der Waals surface area contributed by atoms with Crippen LogP contribution < -0.4 is 19.3 Å². The average molecular weight is 531 g/mol. The molecular weight excluding hydrogens is 501 g/mol. The van der Waals surface area contributed by atoms with Crippen LogP contribution in [-0.4, -0.2) is 44.7 Å². The summed E-state index contributed by atoms with van der Waals surface area (Å²) in [5, 5.41) is 11.4. The molecule has 0 heterocycles. The summed E-state index contributed by atoms with van der Waals surface area (Å²) >= 11 is 0. The topological polar surface area (TPSA) is 88.1 Å². The predicted octanol–water partition coefficient (Wildman–Crippen LogP) is 4.35. The van der Waals surface area contributed by atoms with Crippen LogP contribution in [0.5, 0.6) is 17.2 Å². The highest BCUT2D eigenvalue weighted by atomic mass is 19.1. The maximum atomic E-state index is 14.4. The van der Waals surface area contributed by atoms with Gasteiger partial charge in [-0.25, -0.2) is 4.39 Å². The number of methoxy groups -OCH3 is 3. The number of aliphatic carboxylic acids is 1. The van der Waals surface area contributed by atoms with Crippen molar-refractivity contribution in [2.24, 2.45) is 0 Å². The zero-order chi connectivity index (χ0) is 28.1. The van der Waals surface area contributed by atoms with E-state index in [4.69, 9.17) is 14.2 Å². The summed E-state index contributed by atoms with van der Waals surface area (Å²) in [7, 11) is 4.59. The van der Waals surface area contributed by atoms with Gasteiger partial charge in [-0.15, -0.1) is 0 Å². The van der Waals surface area contributed by atoms with Gasteiger partial charge in [0.2, 0.25) is 11.7 Å². The molecule has 8 heteroatoms. The van der Waals surface area contributed by atoms with E-state index in [2.05, 4.69) is 0 Å². The number of benzene rings is 3. The Morgan fingerprint density at radius 1 is 0.923 bits per heavy atom. The van der Waals surface area contributed by atoms with E-state index in [1.807, 2.05) is 43.3 Å². The molecule has 39 heavy (non-hydrogen) atoms. The van der Waals surface area contributed by atoms with Crippen molar-refractivity contribution in [3.63, 3.8) is 0 Å². The molecule has 3 aromatic carbocycles. The third kappa shape index (κ3) is 5.95. The summed E-state index contributed by atoms with van der Waals surface area (Å²) in [5.74, 6) is -0.765. The molecule has 7 nitrogen and oxygen atoms in total. The molecule has 0 N–H and O–H groups in total. The molecule has 0 spiro atoms. The Kier molecular flexibility index (Phi) is 8.34. The number of rotatable bonds is 10.